The van der Waals surface area contributed by atoms with Crippen molar-refractivity contribution in [3.63, 3.8) is 0 Å². The highest BCUT2D eigenvalue weighted by molar-refractivity contribution is 5.82. The van der Waals surface area contributed by atoms with Gasteiger partial charge < -0.3 is 38.6 Å². The molecule has 0 bridgehead atoms. The van der Waals surface area contributed by atoms with Crippen molar-refractivity contribution in [1.82, 2.24) is 10.2 Å². The summed E-state index contributed by atoms with van der Waals surface area (Å²) in [6.45, 7) is 8.92. The van der Waals surface area contributed by atoms with Gasteiger partial charge in [-0.1, -0.05) is 121 Å². The van der Waals surface area contributed by atoms with Gasteiger partial charge in [0.15, 0.2) is 11.9 Å². The highest BCUT2D eigenvalue weighted by Gasteiger charge is 2.62. The van der Waals surface area contributed by atoms with Gasteiger partial charge in [0.25, 0.3) is 5.91 Å². The third-order valence-corrected chi connectivity index (χ3v) is 9.24. The molecule has 6 rings (SSSR count). The van der Waals surface area contributed by atoms with Crippen molar-refractivity contribution < 1.29 is 33.2 Å². The van der Waals surface area contributed by atoms with Crippen molar-refractivity contribution in [2.75, 3.05) is 26.2 Å². The van der Waals surface area contributed by atoms with Crippen LogP contribution in [0.3, 0.4) is 0 Å². The Hall–Kier alpha value is -3.93. The first-order valence-corrected chi connectivity index (χ1v) is 17.8. The number of rotatable bonds is 16. The zero-order chi connectivity index (χ0) is 35.5. The molecule has 2 heterocycles. The van der Waals surface area contributed by atoms with Crippen LogP contribution in [0, 0.1) is 0 Å². The van der Waals surface area contributed by atoms with Gasteiger partial charge in [0.1, 0.15) is 18.3 Å². The fourth-order valence-electron chi connectivity index (χ4n) is 6.72. The van der Waals surface area contributed by atoms with Gasteiger partial charge in [-0.05, 0) is 43.0 Å². The Kier molecular flexibility index (Phi) is 12.7. The maximum Gasteiger partial charge on any atom is 0.254 e. The van der Waals surface area contributed by atoms with Crippen LogP contribution in [0.2, 0.25) is 0 Å². The molecule has 0 radical (unpaired) electrons. The number of amides is 1. The first-order valence-electron chi connectivity index (χ1n) is 17.8. The van der Waals surface area contributed by atoms with E-state index < -0.39 is 36.0 Å². The van der Waals surface area contributed by atoms with Gasteiger partial charge in [-0.25, -0.2) is 0 Å². The Bertz CT molecular complexity index is 1620. The van der Waals surface area contributed by atoms with Crippen molar-refractivity contribution in [2.45, 2.75) is 83.2 Å². The van der Waals surface area contributed by atoms with Crippen LogP contribution in [0.4, 0.5) is 0 Å². The third-order valence-electron chi connectivity index (χ3n) is 9.24. The number of hydrogen-bond acceptors (Lipinski definition) is 8. The molecule has 1 N–H and O–H groups in total. The monoisotopic (exact) mass is 694 g/mol. The maximum absolute atomic E-state index is 14.8. The van der Waals surface area contributed by atoms with E-state index in [0.29, 0.717) is 26.2 Å². The predicted molar refractivity (Wildman–Crippen MR) is 194 cm³/mol. The summed E-state index contributed by atoms with van der Waals surface area (Å²) in [7, 11) is 0. The van der Waals surface area contributed by atoms with E-state index in [9.17, 15) is 4.79 Å². The van der Waals surface area contributed by atoms with Crippen molar-refractivity contribution in [3.8, 4) is 0 Å². The quantitative estimate of drug-likeness (QED) is 0.147. The van der Waals surface area contributed by atoms with Crippen LogP contribution in [-0.4, -0.2) is 73.0 Å². The molecule has 0 aromatic heterocycles. The molecule has 1 amide bonds. The molecule has 270 valence electrons. The molecule has 4 aromatic carbocycles. The second-order valence-electron chi connectivity index (χ2n) is 13.5. The molecule has 2 aliphatic rings. The van der Waals surface area contributed by atoms with Crippen LogP contribution >= 0.6 is 0 Å². The third kappa shape index (κ3) is 9.69. The van der Waals surface area contributed by atoms with E-state index in [4.69, 9.17) is 28.4 Å². The summed E-state index contributed by atoms with van der Waals surface area (Å²) in [5.74, 6) is -2.71. The number of carbonyl (C=O) groups excluding carboxylic acids is 1. The zero-order valence-electron chi connectivity index (χ0n) is 29.8. The second kappa shape index (κ2) is 17.5. The number of carbonyl (C=O) groups is 1. The number of piperazine rings is 1. The Labute approximate surface area is 301 Å². The number of nitrogens with zero attached hydrogens (tertiary/aromatic N) is 1. The molecule has 0 aliphatic carbocycles. The lowest BCUT2D eigenvalue weighted by Gasteiger charge is -2.44. The van der Waals surface area contributed by atoms with Crippen LogP contribution in [-0.2, 0) is 59.6 Å². The molecule has 0 saturated carbocycles. The van der Waals surface area contributed by atoms with E-state index in [1.165, 1.54) is 0 Å². The highest BCUT2D eigenvalue weighted by atomic mass is 16.8. The Morgan fingerprint density at radius 1 is 0.706 bits per heavy atom. The summed E-state index contributed by atoms with van der Waals surface area (Å²) < 4.78 is 40.8. The molecule has 9 heteroatoms. The Balaban J connectivity index is 1.45. The number of benzene rings is 4. The molecule has 0 spiro atoms. The predicted octanol–water partition coefficient (Wildman–Crippen LogP) is 6.26. The normalized spacial score (nSPS) is 21.9. The summed E-state index contributed by atoms with van der Waals surface area (Å²) in [5, 5.41) is 3.35. The summed E-state index contributed by atoms with van der Waals surface area (Å²) in [6, 6.07) is 39.6. The standard InChI is InChI=1S/C42H50N2O7/c1-32-42(51-41(2,3)50-32,49-31-36-22-14-7-15-23-36)39(48-30-35-20-12-6-13-21-35)37(46-28-33-16-8-4-9-17-33)38(40(45)44-26-24-43-25-27-44)47-29-34-18-10-5-11-19-34/h4-23,32,37-39,43H,24-31H2,1-3H3/t32-,37-,38-,39+,42-/m1/s1. The van der Waals surface area contributed by atoms with Crippen LogP contribution in [0.1, 0.15) is 43.0 Å². The van der Waals surface area contributed by atoms with Crippen molar-refractivity contribution >= 4 is 5.91 Å². The lowest BCUT2D eigenvalue weighted by molar-refractivity contribution is -0.331. The molecule has 51 heavy (non-hydrogen) atoms. The van der Waals surface area contributed by atoms with E-state index in [2.05, 4.69) is 5.32 Å². The number of nitrogens with one attached hydrogen (secondary N) is 1. The molecular weight excluding hydrogens is 644 g/mol. The topological polar surface area (TPSA) is 87.7 Å². The molecule has 2 saturated heterocycles. The summed E-state index contributed by atoms with van der Waals surface area (Å²) in [4.78, 5) is 16.6. The lowest BCUT2D eigenvalue weighted by atomic mass is 9.94. The molecule has 9 nitrogen and oxygen atoms in total. The summed E-state index contributed by atoms with van der Waals surface area (Å²) in [5.41, 5.74) is 3.78. The summed E-state index contributed by atoms with van der Waals surface area (Å²) >= 11 is 0. The fraction of sp³-hybridized carbons (Fsp3) is 0.405. The molecule has 2 aliphatic heterocycles. The fourth-order valence-corrected chi connectivity index (χ4v) is 6.72. The van der Waals surface area contributed by atoms with Crippen LogP contribution in [0.15, 0.2) is 121 Å². The lowest BCUT2D eigenvalue weighted by Crippen LogP contribution is -2.64. The molecule has 0 unspecified atom stereocenters. The van der Waals surface area contributed by atoms with Crippen LogP contribution in [0.25, 0.3) is 0 Å². The minimum atomic E-state index is -1.51. The van der Waals surface area contributed by atoms with Crippen LogP contribution < -0.4 is 5.32 Å². The summed E-state index contributed by atoms with van der Waals surface area (Å²) in [6.07, 6.45) is -3.68. The van der Waals surface area contributed by atoms with E-state index in [1.54, 1.807) is 0 Å². The molecule has 2 fully saturated rings. The van der Waals surface area contributed by atoms with Gasteiger partial charge >= 0.3 is 0 Å². The zero-order valence-corrected chi connectivity index (χ0v) is 29.8. The first kappa shape index (κ1) is 36.8. The Morgan fingerprint density at radius 2 is 1.16 bits per heavy atom. The highest BCUT2D eigenvalue weighted by Crippen LogP contribution is 2.44. The molecular formula is C42H50N2O7. The van der Waals surface area contributed by atoms with Gasteiger partial charge in [0.05, 0.1) is 26.4 Å². The van der Waals surface area contributed by atoms with E-state index in [1.807, 2.05) is 147 Å². The molecule has 5 atom stereocenters. The maximum atomic E-state index is 14.8. The molecule has 4 aromatic rings. The average Bonchev–Trinajstić information content (AvgIpc) is 3.41. The number of hydrogen-bond donors (Lipinski definition) is 1. The van der Waals surface area contributed by atoms with E-state index in [0.717, 1.165) is 22.3 Å². The van der Waals surface area contributed by atoms with Gasteiger partial charge in [-0.15, -0.1) is 0 Å². The van der Waals surface area contributed by atoms with Crippen molar-refractivity contribution in [3.05, 3.63) is 144 Å². The first-order chi connectivity index (χ1) is 24.8. The average molecular weight is 695 g/mol. The van der Waals surface area contributed by atoms with Crippen molar-refractivity contribution in [2.24, 2.45) is 0 Å². The minimum Gasteiger partial charge on any atom is -0.367 e. The van der Waals surface area contributed by atoms with Gasteiger partial charge in [-0.3, -0.25) is 4.79 Å². The van der Waals surface area contributed by atoms with E-state index >= 15 is 0 Å². The number of ether oxygens (including phenoxy) is 6. The SMILES string of the molecule is C[C@H]1OC(C)(C)O[C@@]1(OCc1ccccc1)[C@@H](OCc1ccccc1)[C@H](OCc1ccccc1)[C@@H](OCc1ccccc1)C(=O)N1CCNCC1. The van der Waals surface area contributed by atoms with Gasteiger partial charge in [0.2, 0.25) is 5.79 Å². The van der Waals surface area contributed by atoms with Gasteiger partial charge in [0, 0.05) is 26.2 Å². The Morgan fingerprint density at radius 3 is 1.63 bits per heavy atom. The minimum absolute atomic E-state index is 0.178. The largest absolute Gasteiger partial charge is 0.367 e. The smallest absolute Gasteiger partial charge is 0.254 e. The van der Waals surface area contributed by atoms with E-state index in [-0.39, 0.29) is 32.3 Å². The van der Waals surface area contributed by atoms with Gasteiger partial charge in [-0.2, -0.15) is 0 Å². The van der Waals surface area contributed by atoms with Crippen LogP contribution in [0.5, 0.6) is 0 Å². The second-order valence-corrected chi connectivity index (χ2v) is 13.5. The van der Waals surface area contributed by atoms with Crippen molar-refractivity contribution in [1.29, 1.82) is 0 Å².